The normalized spacial score (nSPS) is 25.9. The number of rotatable bonds is 1. The van der Waals surface area contributed by atoms with Crippen molar-refractivity contribution in [2.75, 3.05) is 18.4 Å². The number of amides is 2. The Bertz CT molecular complexity index is 474. The molecule has 2 unspecified atom stereocenters. The molecule has 0 bridgehead atoms. The molecule has 3 rings (SSSR count). The van der Waals surface area contributed by atoms with E-state index in [0.29, 0.717) is 10.9 Å². The highest BCUT2D eigenvalue weighted by molar-refractivity contribution is 6.30. The summed E-state index contributed by atoms with van der Waals surface area (Å²) >= 11 is 5.85. The van der Waals surface area contributed by atoms with Crippen molar-refractivity contribution in [1.82, 2.24) is 4.90 Å². The molecule has 2 fully saturated rings. The van der Waals surface area contributed by atoms with E-state index in [1.54, 1.807) is 12.1 Å². The Labute approximate surface area is 125 Å². The zero-order valence-electron chi connectivity index (χ0n) is 11.6. The highest BCUT2D eigenvalue weighted by atomic mass is 35.5. The van der Waals surface area contributed by atoms with Gasteiger partial charge in [0.25, 0.3) is 0 Å². The van der Waals surface area contributed by atoms with E-state index in [1.807, 2.05) is 17.0 Å². The molecule has 1 saturated heterocycles. The van der Waals surface area contributed by atoms with E-state index in [2.05, 4.69) is 5.32 Å². The van der Waals surface area contributed by atoms with Gasteiger partial charge in [0.2, 0.25) is 0 Å². The van der Waals surface area contributed by atoms with Gasteiger partial charge in [-0.2, -0.15) is 0 Å². The van der Waals surface area contributed by atoms with Gasteiger partial charge in [-0.1, -0.05) is 30.9 Å². The molecule has 1 saturated carbocycles. The number of anilines is 1. The molecule has 20 heavy (non-hydrogen) atoms. The van der Waals surface area contributed by atoms with E-state index in [0.717, 1.165) is 24.7 Å². The number of nitrogens with one attached hydrogen (secondary N) is 1. The maximum absolute atomic E-state index is 12.3. The number of hydrogen-bond donors (Lipinski definition) is 1. The minimum absolute atomic E-state index is 0.0244. The van der Waals surface area contributed by atoms with E-state index in [-0.39, 0.29) is 6.03 Å². The molecule has 1 aromatic rings. The summed E-state index contributed by atoms with van der Waals surface area (Å²) in [5.74, 6) is 1.57. The van der Waals surface area contributed by atoms with Crippen LogP contribution in [0.4, 0.5) is 10.5 Å². The Morgan fingerprint density at radius 2 is 1.80 bits per heavy atom. The maximum Gasteiger partial charge on any atom is 0.321 e. The number of fused-ring (bicyclic) bond motifs is 1. The quantitative estimate of drug-likeness (QED) is 0.818. The van der Waals surface area contributed by atoms with Gasteiger partial charge < -0.3 is 10.2 Å². The van der Waals surface area contributed by atoms with Gasteiger partial charge in [0.15, 0.2) is 0 Å². The lowest BCUT2D eigenvalue weighted by atomic mass is 9.75. The third-order valence-corrected chi connectivity index (χ3v) is 4.93. The molecule has 1 heterocycles. The third kappa shape index (κ3) is 3.09. The van der Waals surface area contributed by atoms with Crippen molar-refractivity contribution < 1.29 is 4.79 Å². The standard InChI is InChI=1S/C16H21ClN2O/c17-14-5-7-15(8-6-14)18-16(20)19-10-9-12-3-1-2-4-13(12)11-19/h5-8,12-13H,1-4,9-11H2,(H,18,20). The van der Waals surface area contributed by atoms with E-state index in [4.69, 9.17) is 11.6 Å². The summed E-state index contributed by atoms with van der Waals surface area (Å²) in [6.45, 7) is 1.81. The van der Waals surface area contributed by atoms with Crippen molar-refractivity contribution in [3.63, 3.8) is 0 Å². The fourth-order valence-electron chi connectivity index (χ4n) is 3.52. The van der Waals surface area contributed by atoms with Crippen LogP contribution in [0.5, 0.6) is 0 Å². The number of likely N-dealkylation sites (tertiary alicyclic amines) is 1. The lowest BCUT2D eigenvalue weighted by molar-refractivity contribution is 0.108. The fourth-order valence-corrected chi connectivity index (χ4v) is 3.65. The minimum Gasteiger partial charge on any atom is -0.324 e. The molecule has 0 radical (unpaired) electrons. The highest BCUT2D eigenvalue weighted by Crippen LogP contribution is 2.36. The molecule has 1 aliphatic heterocycles. The van der Waals surface area contributed by atoms with E-state index < -0.39 is 0 Å². The average molecular weight is 293 g/mol. The summed E-state index contributed by atoms with van der Waals surface area (Å²) in [6, 6.07) is 7.30. The van der Waals surface area contributed by atoms with Crippen LogP contribution in [0, 0.1) is 11.8 Å². The van der Waals surface area contributed by atoms with Gasteiger partial charge in [-0.25, -0.2) is 4.79 Å². The first kappa shape index (κ1) is 13.7. The second-order valence-electron chi connectivity index (χ2n) is 5.98. The van der Waals surface area contributed by atoms with Crippen LogP contribution >= 0.6 is 11.6 Å². The Morgan fingerprint density at radius 3 is 2.55 bits per heavy atom. The van der Waals surface area contributed by atoms with Crippen molar-refractivity contribution in [2.45, 2.75) is 32.1 Å². The Balaban J connectivity index is 1.58. The van der Waals surface area contributed by atoms with Crippen LogP contribution in [0.3, 0.4) is 0 Å². The molecule has 4 heteroatoms. The Kier molecular flexibility index (Phi) is 4.16. The summed E-state index contributed by atoms with van der Waals surface area (Å²) < 4.78 is 0. The van der Waals surface area contributed by atoms with Gasteiger partial charge in [0.1, 0.15) is 0 Å². The summed E-state index contributed by atoms with van der Waals surface area (Å²) in [7, 11) is 0. The second-order valence-corrected chi connectivity index (χ2v) is 6.41. The number of piperidine rings is 1. The fraction of sp³-hybridized carbons (Fsp3) is 0.562. The number of halogens is 1. The predicted octanol–water partition coefficient (Wildman–Crippen LogP) is 4.38. The number of urea groups is 1. The Morgan fingerprint density at radius 1 is 1.10 bits per heavy atom. The molecular weight excluding hydrogens is 272 g/mol. The molecule has 108 valence electrons. The molecule has 2 aliphatic rings. The predicted molar refractivity (Wildman–Crippen MR) is 82.1 cm³/mol. The number of nitrogens with zero attached hydrogens (tertiary/aromatic N) is 1. The largest absolute Gasteiger partial charge is 0.324 e. The molecular formula is C16H21ClN2O. The summed E-state index contributed by atoms with van der Waals surface area (Å²) in [5, 5.41) is 3.65. The highest BCUT2D eigenvalue weighted by Gasteiger charge is 2.32. The van der Waals surface area contributed by atoms with Crippen LogP contribution in [0.25, 0.3) is 0 Å². The first-order valence-electron chi connectivity index (χ1n) is 7.54. The van der Waals surface area contributed by atoms with E-state index in [1.165, 1.54) is 32.1 Å². The summed E-state index contributed by atoms with van der Waals surface area (Å²) in [6.07, 6.45) is 6.51. The van der Waals surface area contributed by atoms with Crippen molar-refractivity contribution in [3.8, 4) is 0 Å². The smallest absolute Gasteiger partial charge is 0.321 e. The monoisotopic (exact) mass is 292 g/mol. The molecule has 2 atom stereocenters. The van der Waals surface area contributed by atoms with Crippen LogP contribution in [0.2, 0.25) is 5.02 Å². The maximum atomic E-state index is 12.3. The van der Waals surface area contributed by atoms with Gasteiger partial charge in [-0.3, -0.25) is 0 Å². The number of carbonyl (C=O) groups is 1. The van der Waals surface area contributed by atoms with Crippen LogP contribution in [-0.4, -0.2) is 24.0 Å². The lowest BCUT2D eigenvalue weighted by Gasteiger charge is -2.41. The number of carbonyl (C=O) groups excluding carboxylic acids is 1. The van der Waals surface area contributed by atoms with Crippen molar-refractivity contribution in [2.24, 2.45) is 11.8 Å². The van der Waals surface area contributed by atoms with Crippen molar-refractivity contribution in [1.29, 1.82) is 0 Å². The number of hydrogen-bond acceptors (Lipinski definition) is 1. The Hall–Kier alpha value is -1.22. The van der Waals surface area contributed by atoms with Crippen LogP contribution in [0.1, 0.15) is 32.1 Å². The van der Waals surface area contributed by atoms with Gasteiger partial charge in [-0.15, -0.1) is 0 Å². The first-order valence-corrected chi connectivity index (χ1v) is 7.91. The van der Waals surface area contributed by atoms with Crippen molar-refractivity contribution in [3.05, 3.63) is 29.3 Å². The average Bonchev–Trinajstić information content (AvgIpc) is 2.49. The van der Waals surface area contributed by atoms with Crippen LogP contribution in [0.15, 0.2) is 24.3 Å². The SMILES string of the molecule is O=C(Nc1ccc(Cl)cc1)N1CCC2CCCCC2C1. The second kappa shape index (κ2) is 6.04. The molecule has 1 N–H and O–H groups in total. The molecule has 2 amide bonds. The molecule has 0 aromatic heterocycles. The minimum atomic E-state index is 0.0244. The van der Waals surface area contributed by atoms with Crippen LogP contribution in [-0.2, 0) is 0 Å². The van der Waals surface area contributed by atoms with Gasteiger partial charge >= 0.3 is 6.03 Å². The third-order valence-electron chi connectivity index (χ3n) is 4.67. The zero-order valence-corrected chi connectivity index (χ0v) is 12.4. The zero-order chi connectivity index (χ0) is 13.9. The molecule has 1 aromatic carbocycles. The lowest BCUT2D eigenvalue weighted by Crippen LogP contribution is -2.46. The topological polar surface area (TPSA) is 32.3 Å². The van der Waals surface area contributed by atoms with E-state index in [9.17, 15) is 4.79 Å². The van der Waals surface area contributed by atoms with E-state index >= 15 is 0 Å². The van der Waals surface area contributed by atoms with Crippen molar-refractivity contribution >= 4 is 23.3 Å². The van der Waals surface area contributed by atoms with Crippen LogP contribution < -0.4 is 5.32 Å². The summed E-state index contributed by atoms with van der Waals surface area (Å²) in [5.41, 5.74) is 0.810. The number of benzene rings is 1. The van der Waals surface area contributed by atoms with Gasteiger partial charge in [0, 0.05) is 23.8 Å². The molecule has 3 nitrogen and oxygen atoms in total. The molecule has 1 aliphatic carbocycles. The molecule has 0 spiro atoms. The summed E-state index contributed by atoms with van der Waals surface area (Å²) in [4.78, 5) is 14.3. The van der Waals surface area contributed by atoms with Gasteiger partial charge in [-0.05, 0) is 48.9 Å². The first-order chi connectivity index (χ1) is 9.72. The van der Waals surface area contributed by atoms with Gasteiger partial charge in [0.05, 0.1) is 0 Å².